The Kier molecular flexibility index (Phi) is 2.45. The molecule has 0 bridgehead atoms. The maximum atomic E-state index is 5.95. The Morgan fingerprint density at radius 3 is 2.48 bits per heavy atom. The first-order valence-corrected chi connectivity index (χ1v) is 7.79. The average Bonchev–Trinajstić information content (AvgIpc) is 3.15. The topological polar surface area (TPSA) is 28.9 Å². The van der Waals surface area contributed by atoms with Gasteiger partial charge < -0.3 is 9.40 Å². The molecule has 0 atom stereocenters. The highest BCUT2D eigenvalue weighted by molar-refractivity contribution is 6.17. The maximum absolute atomic E-state index is 5.95. The zero-order valence-corrected chi connectivity index (χ0v) is 12.8. The van der Waals surface area contributed by atoms with Crippen LogP contribution in [0.2, 0.25) is 0 Å². The van der Waals surface area contributed by atoms with E-state index in [2.05, 4.69) is 66.5 Å². The molecule has 0 radical (unpaired) electrons. The van der Waals surface area contributed by atoms with Crippen LogP contribution >= 0.6 is 0 Å². The van der Waals surface area contributed by atoms with Gasteiger partial charge >= 0.3 is 0 Å². The van der Waals surface area contributed by atoms with Crippen molar-refractivity contribution in [2.24, 2.45) is 0 Å². The van der Waals surface area contributed by atoms with E-state index in [0.29, 0.717) is 0 Å². The van der Waals surface area contributed by atoms with E-state index < -0.39 is 0 Å². The summed E-state index contributed by atoms with van der Waals surface area (Å²) in [5, 5.41) is 3.60. The van der Waals surface area contributed by atoms with Crippen molar-refractivity contribution in [2.75, 3.05) is 0 Å². The second kappa shape index (κ2) is 4.50. The number of rotatable bonds is 1. The van der Waals surface area contributed by atoms with Crippen molar-refractivity contribution in [1.82, 2.24) is 4.98 Å². The van der Waals surface area contributed by atoms with E-state index in [9.17, 15) is 0 Å². The highest BCUT2D eigenvalue weighted by atomic mass is 16.3. The Hall–Kier alpha value is -3.00. The average molecular weight is 297 g/mol. The van der Waals surface area contributed by atoms with Crippen LogP contribution in [0.15, 0.2) is 71.3 Å². The summed E-state index contributed by atoms with van der Waals surface area (Å²) in [6.07, 6.45) is 1.86. The SMILES string of the molecule is Cc1ccc2c(c1)[nH]c1c2ccc2c(-c3ccccc3)coc21. The number of furan rings is 1. The van der Waals surface area contributed by atoms with E-state index in [1.54, 1.807) is 0 Å². The number of benzene rings is 3. The Balaban J connectivity index is 1.87. The van der Waals surface area contributed by atoms with Gasteiger partial charge in [-0.15, -0.1) is 0 Å². The highest BCUT2D eigenvalue weighted by Crippen LogP contribution is 2.37. The standard InChI is InChI=1S/C21H15NO/c1-13-7-8-15-16-9-10-17-18(14-5-3-2-4-6-14)12-23-21(17)20(16)22-19(15)11-13/h2-12,22H,1H3. The minimum Gasteiger partial charge on any atom is -0.461 e. The van der Waals surface area contributed by atoms with E-state index in [0.717, 1.165) is 27.6 Å². The molecular formula is C21H15NO. The summed E-state index contributed by atoms with van der Waals surface area (Å²) in [5.74, 6) is 0. The third-order valence-corrected chi connectivity index (χ3v) is 4.55. The van der Waals surface area contributed by atoms with Gasteiger partial charge in [-0.25, -0.2) is 0 Å². The lowest BCUT2D eigenvalue weighted by molar-refractivity contribution is 0.619. The first kappa shape index (κ1) is 12.5. The molecule has 0 fully saturated rings. The Morgan fingerprint density at radius 1 is 0.826 bits per heavy atom. The second-order valence-corrected chi connectivity index (χ2v) is 6.05. The van der Waals surface area contributed by atoms with E-state index in [1.165, 1.54) is 21.9 Å². The Bertz CT molecular complexity index is 1160. The smallest absolute Gasteiger partial charge is 0.158 e. The molecule has 0 aliphatic heterocycles. The summed E-state index contributed by atoms with van der Waals surface area (Å²) in [5.41, 5.74) is 6.73. The monoisotopic (exact) mass is 297 g/mol. The van der Waals surface area contributed by atoms with Crippen LogP contribution in [0, 0.1) is 6.92 Å². The van der Waals surface area contributed by atoms with Crippen LogP contribution in [-0.4, -0.2) is 4.98 Å². The van der Waals surface area contributed by atoms with Crippen LogP contribution in [-0.2, 0) is 0 Å². The molecule has 0 saturated heterocycles. The number of aromatic nitrogens is 1. The zero-order chi connectivity index (χ0) is 15.4. The number of aryl methyl sites for hydroxylation is 1. The van der Waals surface area contributed by atoms with Crippen LogP contribution < -0.4 is 0 Å². The van der Waals surface area contributed by atoms with Crippen molar-refractivity contribution in [3.8, 4) is 11.1 Å². The van der Waals surface area contributed by atoms with Gasteiger partial charge in [-0.1, -0.05) is 48.5 Å². The highest BCUT2D eigenvalue weighted by Gasteiger charge is 2.14. The van der Waals surface area contributed by atoms with Crippen molar-refractivity contribution in [3.05, 3.63) is 72.5 Å². The molecule has 2 aromatic heterocycles. The molecule has 0 saturated carbocycles. The van der Waals surface area contributed by atoms with Crippen LogP contribution in [0.1, 0.15) is 5.56 Å². The summed E-state index contributed by atoms with van der Waals surface area (Å²) >= 11 is 0. The molecule has 0 aliphatic carbocycles. The van der Waals surface area contributed by atoms with E-state index in [4.69, 9.17) is 4.42 Å². The second-order valence-electron chi connectivity index (χ2n) is 6.05. The lowest BCUT2D eigenvalue weighted by atomic mass is 10.0. The lowest BCUT2D eigenvalue weighted by Crippen LogP contribution is -1.75. The van der Waals surface area contributed by atoms with Crippen molar-refractivity contribution < 1.29 is 4.42 Å². The van der Waals surface area contributed by atoms with Crippen molar-refractivity contribution in [1.29, 1.82) is 0 Å². The van der Waals surface area contributed by atoms with Gasteiger partial charge in [0.15, 0.2) is 5.58 Å². The minimum atomic E-state index is 0.926. The molecule has 23 heavy (non-hydrogen) atoms. The van der Waals surface area contributed by atoms with E-state index >= 15 is 0 Å². The van der Waals surface area contributed by atoms with Crippen LogP contribution in [0.5, 0.6) is 0 Å². The quantitative estimate of drug-likeness (QED) is 0.401. The number of hydrogen-bond donors (Lipinski definition) is 1. The number of nitrogens with one attached hydrogen (secondary N) is 1. The van der Waals surface area contributed by atoms with E-state index in [1.807, 2.05) is 12.3 Å². The predicted molar refractivity (Wildman–Crippen MR) is 95.7 cm³/mol. The van der Waals surface area contributed by atoms with Crippen molar-refractivity contribution >= 4 is 32.8 Å². The molecular weight excluding hydrogens is 282 g/mol. The molecule has 1 N–H and O–H groups in total. The van der Waals surface area contributed by atoms with Gasteiger partial charge in [0.1, 0.15) is 0 Å². The first-order valence-electron chi connectivity index (χ1n) is 7.79. The summed E-state index contributed by atoms with van der Waals surface area (Å²) in [7, 11) is 0. The Morgan fingerprint density at radius 2 is 1.61 bits per heavy atom. The van der Waals surface area contributed by atoms with Gasteiger partial charge in [-0.3, -0.25) is 0 Å². The number of hydrogen-bond acceptors (Lipinski definition) is 1. The van der Waals surface area contributed by atoms with Gasteiger partial charge in [0.25, 0.3) is 0 Å². The number of aromatic amines is 1. The summed E-state index contributed by atoms with van der Waals surface area (Å²) in [4.78, 5) is 3.53. The Labute approximate surface area is 133 Å². The normalized spacial score (nSPS) is 11.7. The predicted octanol–water partition coefficient (Wildman–Crippen LogP) is 6.04. The summed E-state index contributed by atoms with van der Waals surface area (Å²) in [6, 6.07) is 21.2. The third-order valence-electron chi connectivity index (χ3n) is 4.55. The fraction of sp³-hybridized carbons (Fsp3) is 0.0476. The first-order chi connectivity index (χ1) is 11.3. The zero-order valence-electron chi connectivity index (χ0n) is 12.8. The molecule has 2 heteroatoms. The molecule has 0 unspecified atom stereocenters. The van der Waals surface area contributed by atoms with Crippen LogP contribution in [0.25, 0.3) is 43.9 Å². The third kappa shape index (κ3) is 1.75. The lowest BCUT2D eigenvalue weighted by Gasteiger charge is -1.98. The molecule has 0 amide bonds. The minimum absolute atomic E-state index is 0.926. The molecule has 2 nitrogen and oxygen atoms in total. The van der Waals surface area contributed by atoms with Gasteiger partial charge in [0.2, 0.25) is 0 Å². The van der Waals surface area contributed by atoms with Crippen LogP contribution in [0.3, 0.4) is 0 Å². The summed E-state index contributed by atoms with van der Waals surface area (Å²) in [6.45, 7) is 2.11. The van der Waals surface area contributed by atoms with Gasteiger partial charge in [-0.05, 0) is 30.2 Å². The number of H-pyrrole nitrogens is 1. The van der Waals surface area contributed by atoms with Gasteiger partial charge in [0, 0.05) is 27.2 Å². The molecule has 0 spiro atoms. The van der Waals surface area contributed by atoms with Crippen molar-refractivity contribution in [2.45, 2.75) is 6.92 Å². The molecule has 2 heterocycles. The number of fused-ring (bicyclic) bond motifs is 5. The molecule has 5 aromatic rings. The fourth-order valence-electron chi connectivity index (χ4n) is 3.42. The van der Waals surface area contributed by atoms with Crippen LogP contribution in [0.4, 0.5) is 0 Å². The van der Waals surface area contributed by atoms with Crippen molar-refractivity contribution in [3.63, 3.8) is 0 Å². The molecule has 0 aliphatic rings. The molecule has 3 aromatic carbocycles. The largest absolute Gasteiger partial charge is 0.461 e. The fourth-order valence-corrected chi connectivity index (χ4v) is 3.42. The molecule has 110 valence electrons. The van der Waals surface area contributed by atoms with Gasteiger partial charge in [-0.2, -0.15) is 0 Å². The maximum Gasteiger partial charge on any atom is 0.158 e. The molecule has 5 rings (SSSR count). The van der Waals surface area contributed by atoms with Gasteiger partial charge in [0.05, 0.1) is 11.8 Å². The summed E-state index contributed by atoms with van der Waals surface area (Å²) < 4.78 is 5.95. The van der Waals surface area contributed by atoms with E-state index in [-0.39, 0.29) is 0 Å².